The Morgan fingerprint density at radius 2 is 1.86 bits per heavy atom. The number of carbonyl (C=O) groups excluding carboxylic acids is 1. The summed E-state index contributed by atoms with van der Waals surface area (Å²) in [6.45, 7) is 7.02. The van der Waals surface area contributed by atoms with E-state index in [1.807, 2.05) is 6.92 Å². The Morgan fingerprint density at radius 3 is 2.50 bits per heavy atom. The van der Waals surface area contributed by atoms with Gasteiger partial charge in [0, 0.05) is 18.3 Å². The van der Waals surface area contributed by atoms with E-state index in [1.165, 1.54) is 0 Å². The van der Waals surface area contributed by atoms with Gasteiger partial charge in [0.05, 0.1) is 35.2 Å². The van der Waals surface area contributed by atoms with Gasteiger partial charge in [0.2, 0.25) is 0 Å². The first-order chi connectivity index (χ1) is 10.1. The van der Waals surface area contributed by atoms with Crippen LogP contribution >= 0.6 is 0 Å². The van der Waals surface area contributed by atoms with Gasteiger partial charge >= 0.3 is 5.97 Å². The number of carbonyl (C=O) groups is 1. The molecule has 2 aliphatic heterocycles. The molecule has 22 heavy (non-hydrogen) atoms. The fourth-order valence-corrected chi connectivity index (χ4v) is 5.58. The number of aliphatic hydroxyl groups is 3. The standard InChI is InChI=1S/C16H24O6/c1-6-9-8(17)5-14(3,19)16-11(10(9)21-13(6)18)15(4,20)7(2)12(16)22-16/h6-12,17,19-20H,5H2,1-4H3/t6-,7-,8-,9+,10-,11-,12+,14+,15+,16-/m0/s1. The Hall–Kier alpha value is -0.690. The van der Waals surface area contributed by atoms with E-state index in [0.29, 0.717) is 0 Å². The summed E-state index contributed by atoms with van der Waals surface area (Å²) in [4.78, 5) is 12.0. The van der Waals surface area contributed by atoms with Crippen molar-refractivity contribution in [3.63, 3.8) is 0 Å². The smallest absolute Gasteiger partial charge is 0.309 e. The monoisotopic (exact) mass is 312 g/mol. The molecule has 2 aliphatic carbocycles. The third-order valence-corrected chi connectivity index (χ3v) is 6.96. The van der Waals surface area contributed by atoms with Crippen LogP contribution in [0.2, 0.25) is 0 Å². The predicted molar refractivity (Wildman–Crippen MR) is 74.7 cm³/mol. The largest absolute Gasteiger partial charge is 0.461 e. The van der Waals surface area contributed by atoms with E-state index in [4.69, 9.17) is 9.47 Å². The van der Waals surface area contributed by atoms with Gasteiger partial charge in [-0.2, -0.15) is 0 Å². The Balaban J connectivity index is 1.88. The molecule has 6 heteroatoms. The second-order valence-electron chi connectivity index (χ2n) is 8.14. The fraction of sp³-hybridized carbons (Fsp3) is 0.938. The molecule has 2 heterocycles. The van der Waals surface area contributed by atoms with Crippen LogP contribution < -0.4 is 0 Å². The van der Waals surface area contributed by atoms with Crippen LogP contribution in [0, 0.1) is 23.7 Å². The van der Waals surface area contributed by atoms with Crippen LogP contribution in [0.15, 0.2) is 0 Å². The van der Waals surface area contributed by atoms with Gasteiger partial charge in [0.25, 0.3) is 0 Å². The van der Waals surface area contributed by atoms with Crippen molar-refractivity contribution >= 4 is 5.97 Å². The number of hydrogen-bond donors (Lipinski definition) is 3. The Kier molecular flexibility index (Phi) is 2.61. The molecular formula is C16H24O6. The van der Waals surface area contributed by atoms with Crippen molar-refractivity contribution < 1.29 is 29.6 Å². The van der Waals surface area contributed by atoms with E-state index >= 15 is 0 Å². The molecule has 2 saturated heterocycles. The molecule has 4 rings (SSSR count). The number of fused-ring (bicyclic) bond motifs is 2. The number of hydrogen-bond acceptors (Lipinski definition) is 6. The normalized spacial score (nSPS) is 66.1. The van der Waals surface area contributed by atoms with Crippen LogP contribution in [-0.4, -0.2) is 56.4 Å². The fourth-order valence-electron chi connectivity index (χ4n) is 5.58. The van der Waals surface area contributed by atoms with Gasteiger partial charge in [0.15, 0.2) is 0 Å². The minimum atomic E-state index is -1.27. The molecule has 3 N–H and O–H groups in total. The first kappa shape index (κ1) is 14.9. The summed E-state index contributed by atoms with van der Waals surface area (Å²) in [7, 11) is 0. The van der Waals surface area contributed by atoms with Gasteiger partial charge in [-0.25, -0.2) is 0 Å². The first-order valence-electron chi connectivity index (χ1n) is 8.07. The quantitative estimate of drug-likeness (QED) is 0.424. The molecule has 0 unspecified atom stereocenters. The molecule has 10 atom stereocenters. The zero-order valence-corrected chi connectivity index (χ0v) is 13.3. The molecule has 0 aromatic carbocycles. The van der Waals surface area contributed by atoms with E-state index in [-0.39, 0.29) is 24.4 Å². The molecule has 124 valence electrons. The third-order valence-electron chi connectivity index (χ3n) is 6.96. The number of epoxide rings is 1. The van der Waals surface area contributed by atoms with Crippen LogP contribution in [-0.2, 0) is 14.3 Å². The SMILES string of the molecule is C[C@@H]1C(=O)O[C@H]2[C@H]1[C@@H](O)C[C@@](C)(O)[C@@]13O[C@@H]1[C@H](C)[C@@](C)(O)[C@H]23. The van der Waals surface area contributed by atoms with Gasteiger partial charge in [-0.3, -0.25) is 4.79 Å². The molecule has 4 aliphatic rings. The summed E-state index contributed by atoms with van der Waals surface area (Å²) >= 11 is 0. The highest BCUT2D eigenvalue weighted by Crippen LogP contribution is 2.69. The molecule has 6 nitrogen and oxygen atoms in total. The molecule has 0 aromatic heterocycles. The highest BCUT2D eigenvalue weighted by molar-refractivity contribution is 5.75. The number of rotatable bonds is 0. The topological polar surface area (TPSA) is 99.5 Å². The lowest BCUT2D eigenvalue weighted by molar-refractivity contribution is -0.167. The molecule has 0 bridgehead atoms. The molecule has 0 radical (unpaired) electrons. The highest BCUT2D eigenvalue weighted by Gasteiger charge is 2.85. The average molecular weight is 312 g/mol. The van der Waals surface area contributed by atoms with Crippen molar-refractivity contribution in [1.29, 1.82) is 0 Å². The Morgan fingerprint density at radius 1 is 1.23 bits per heavy atom. The van der Waals surface area contributed by atoms with Crippen molar-refractivity contribution in [3.8, 4) is 0 Å². The lowest BCUT2D eigenvalue weighted by Crippen LogP contribution is -2.55. The second kappa shape index (κ2) is 3.86. The molecular weight excluding hydrogens is 288 g/mol. The zero-order valence-electron chi connectivity index (χ0n) is 13.3. The minimum Gasteiger partial charge on any atom is -0.461 e. The minimum absolute atomic E-state index is 0.116. The Labute approximate surface area is 129 Å². The van der Waals surface area contributed by atoms with Crippen LogP contribution in [0.25, 0.3) is 0 Å². The van der Waals surface area contributed by atoms with Gasteiger partial charge in [-0.05, 0) is 13.8 Å². The average Bonchev–Trinajstić information content (AvgIpc) is 3.02. The van der Waals surface area contributed by atoms with Crippen molar-refractivity contribution in [2.75, 3.05) is 0 Å². The summed E-state index contributed by atoms with van der Waals surface area (Å²) in [5.41, 5.74) is -3.34. The molecule has 2 saturated carbocycles. The first-order valence-corrected chi connectivity index (χ1v) is 8.07. The maximum Gasteiger partial charge on any atom is 0.309 e. The van der Waals surface area contributed by atoms with Crippen molar-refractivity contribution in [2.24, 2.45) is 23.7 Å². The summed E-state index contributed by atoms with van der Waals surface area (Å²) in [6, 6.07) is 0. The summed E-state index contributed by atoms with van der Waals surface area (Å²) < 4.78 is 11.5. The lowest BCUT2D eigenvalue weighted by Gasteiger charge is -2.41. The lowest BCUT2D eigenvalue weighted by atomic mass is 9.72. The maximum absolute atomic E-state index is 12.0. The van der Waals surface area contributed by atoms with Crippen LogP contribution in [0.3, 0.4) is 0 Å². The van der Waals surface area contributed by atoms with E-state index in [1.54, 1.807) is 20.8 Å². The van der Waals surface area contributed by atoms with Crippen LogP contribution in [0.4, 0.5) is 0 Å². The molecule has 1 spiro atoms. The number of esters is 1. The third kappa shape index (κ3) is 1.39. The van der Waals surface area contributed by atoms with Gasteiger partial charge < -0.3 is 24.8 Å². The van der Waals surface area contributed by atoms with Gasteiger partial charge in [-0.15, -0.1) is 0 Å². The van der Waals surface area contributed by atoms with Gasteiger partial charge in [-0.1, -0.05) is 13.8 Å². The van der Waals surface area contributed by atoms with Crippen LogP contribution in [0.1, 0.15) is 34.1 Å². The summed E-state index contributed by atoms with van der Waals surface area (Å²) in [5, 5.41) is 32.6. The molecule has 0 aromatic rings. The zero-order chi connectivity index (χ0) is 16.2. The maximum atomic E-state index is 12.0. The summed E-state index contributed by atoms with van der Waals surface area (Å²) in [6.07, 6.45) is -1.65. The number of aliphatic hydroxyl groups excluding tert-OH is 1. The van der Waals surface area contributed by atoms with Crippen LogP contribution in [0.5, 0.6) is 0 Å². The molecule has 0 amide bonds. The second-order valence-corrected chi connectivity index (χ2v) is 8.14. The predicted octanol–water partition coefficient (Wildman–Crippen LogP) is -0.166. The number of ether oxygens (including phenoxy) is 2. The summed E-state index contributed by atoms with van der Waals surface area (Å²) in [5.74, 6) is -1.93. The van der Waals surface area contributed by atoms with Crippen molar-refractivity contribution in [1.82, 2.24) is 0 Å². The van der Waals surface area contributed by atoms with E-state index in [9.17, 15) is 20.1 Å². The van der Waals surface area contributed by atoms with E-state index in [2.05, 4.69) is 0 Å². The van der Waals surface area contributed by atoms with Crippen molar-refractivity contribution in [2.45, 2.75) is 69.2 Å². The molecule has 4 fully saturated rings. The van der Waals surface area contributed by atoms with Crippen molar-refractivity contribution in [3.05, 3.63) is 0 Å². The van der Waals surface area contributed by atoms with Gasteiger partial charge in [0.1, 0.15) is 11.7 Å². The highest BCUT2D eigenvalue weighted by atomic mass is 16.6. The Bertz CT molecular complexity index is 543. The van der Waals surface area contributed by atoms with E-state index < -0.39 is 46.8 Å². The van der Waals surface area contributed by atoms with E-state index in [0.717, 1.165) is 0 Å².